The highest BCUT2D eigenvalue weighted by Gasteiger charge is 2.34. The van der Waals surface area contributed by atoms with E-state index in [4.69, 9.17) is 4.74 Å². The molecule has 248 valence electrons. The van der Waals surface area contributed by atoms with Crippen LogP contribution in [0.1, 0.15) is 37.8 Å². The van der Waals surface area contributed by atoms with Gasteiger partial charge < -0.3 is 15.0 Å². The molecule has 1 unspecified atom stereocenters. The van der Waals surface area contributed by atoms with Crippen molar-refractivity contribution in [3.8, 4) is 5.75 Å². The Balaban J connectivity index is 1.77. The summed E-state index contributed by atoms with van der Waals surface area (Å²) in [6, 6.07) is 24.2. The number of anilines is 1. The molecule has 0 bridgehead atoms. The summed E-state index contributed by atoms with van der Waals surface area (Å²) in [6.45, 7) is 3.79. The number of rotatable bonds is 16. The van der Waals surface area contributed by atoms with Crippen molar-refractivity contribution in [3.05, 3.63) is 126 Å². The van der Waals surface area contributed by atoms with Crippen LogP contribution in [-0.2, 0) is 32.6 Å². The largest absolute Gasteiger partial charge is 0.494 e. The van der Waals surface area contributed by atoms with Gasteiger partial charge in [-0.1, -0.05) is 55.8 Å². The zero-order valence-corrected chi connectivity index (χ0v) is 27.3. The number of ether oxygens (including phenoxy) is 1. The van der Waals surface area contributed by atoms with Crippen LogP contribution in [0.25, 0.3) is 0 Å². The van der Waals surface area contributed by atoms with Crippen molar-refractivity contribution in [2.45, 2.75) is 50.6 Å². The van der Waals surface area contributed by atoms with Gasteiger partial charge in [-0.05, 0) is 85.1 Å². The standard InChI is InChI=1S/C36H39F2N3O5S/c1-3-5-23-39-36(43)34(24-27-9-7-6-8-10-27)40(25-28-11-13-29(37)14-12-28)35(42)26-41(31-17-15-30(38)16-18-31)47(44,45)33-21-19-32(20-22-33)46-4-2/h6-22,34H,3-5,23-26H2,1-2H3,(H,39,43). The highest BCUT2D eigenvalue weighted by atomic mass is 32.2. The zero-order chi connectivity index (χ0) is 33.8. The van der Waals surface area contributed by atoms with Gasteiger partial charge >= 0.3 is 0 Å². The molecule has 4 rings (SSSR count). The Kier molecular flexibility index (Phi) is 12.5. The molecule has 0 fully saturated rings. The van der Waals surface area contributed by atoms with Crippen LogP contribution in [0.3, 0.4) is 0 Å². The average molecular weight is 664 g/mol. The monoisotopic (exact) mass is 663 g/mol. The van der Waals surface area contributed by atoms with Crippen LogP contribution in [0, 0.1) is 11.6 Å². The Hall–Kier alpha value is -4.77. The van der Waals surface area contributed by atoms with Crippen molar-refractivity contribution in [2.24, 2.45) is 0 Å². The topological polar surface area (TPSA) is 96.0 Å². The molecule has 0 heterocycles. The highest BCUT2D eigenvalue weighted by Crippen LogP contribution is 2.27. The number of amides is 2. The first-order valence-electron chi connectivity index (χ1n) is 15.5. The molecular formula is C36H39F2N3O5S. The average Bonchev–Trinajstić information content (AvgIpc) is 3.07. The van der Waals surface area contributed by atoms with Gasteiger partial charge in [-0.3, -0.25) is 13.9 Å². The second kappa shape index (κ2) is 16.7. The number of carbonyl (C=O) groups is 2. The first-order valence-corrected chi connectivity index (χ1v) is 16.9. The molecule has 0 aliphatic rings. The lowest BCUT2D eigenvalue weighted by Gasteiger charge is -2.34. The Bertz CT molecular complexity index is 1700. The summed E-state index contributed by atoms with van der Waals surface area (Å²) in [5, 5.41) is 2.92. The fourth-order valence-electron chi connectivity index (χ4n) is 4.98. The quantitative estimate of drug-likeness (QED) is 0.146. The van der Waals surface area contributed by atoms with E-state index in [0.717, 1.165) is 34.8 Å². The van der Waals surface area contributed by atoms with E-state index in [1.54, 1.807) is 6.92 Å². The van der Waals surface area contributed by atoms with E-state index in [1.165, 1.54) is 65.6 Å². The minimum atomic E-state index is -4.37. The van der Waals surface area contributed by atoms with Crippen LogP contribution in [0.15, 0.2) is 108 Å². The molecule has 0 aromatic heterocycles. The molecule has 4 aromatic carbocycles. The Morgan fingerprint density at radius 2 is 1.43 bits per heavy atom. The van der Waals surface area contributed by atoms with Gasteiger partial charge in [-0.15, -0.1) is 0 Å². The number of halogens is 2. The maximum Gasteiger partial charge on any atom is 0.264 e. The Labute approximate surface area is 275 Å². The molecule has 47 heavy (non-hydrogen) atoms. The molecule has 0 radical (unpaired) electrons. The molecule has 8 nitrogen and oxygen atoms in total. The highest BCUT2D eigenvalue weighted by molar-refractivity contribution is 7.92. The van der Waals surface area contributed by atoms with Crippen LogP contribution in [0.5, 0.6) is 5.75 Å². The molecule has 11 heteroatoms. The van der Waals surface area contributed by atoms with Crippen molar-refractivity contribution in [1.29, 1.82) is 0 Å². The number of benzene rings is 4. The number of carbonyl (C=O) groups excluding carboxylic acids is 2. The molecule has 1 atom stereocenters. The van der Waals surface area contributed by atoms with Crippen molar-refractivity contribution < 1.29 is 31.5 Å². The normalized spacial score (nSPS) is 11.8. The van der Waals surface area contributed by atoms with E-state index in [-0.39, 0.29) is 23.5 Å². The molecule has 1 N–H and O–H groups in total. The summed E-state index contributed by atoms with van der Waals surface area (Å²) in [4.78, 5) is 29.4. The van der Waals surface area contributed by atoms with Crippen LogP contribution in [0.2, 0.25) is 0 Å². The Morgan fingerprint density at radius 3 is 2.02 bits per heavy atom. The van der Waals surface area contributed by atoms with Gasteiger partial charge in [0.2, 0.25) is 11.8 Å². The molecule has 2 amide bonds. The third-order valence-electron chi connectivity index (χ3n) is 7.48. The maximum atomic E-state index is 14.4. The molecular weight excluding hydrogens is 624 g/mol. The van der Waals surface area contributed by atoms with Crippen LogP contribution in [-0.4, -0.2) is 50.9 Å². The molecule has 0 spiro atoms. The SMILES string of the molecule is CCCCNC(=O)C(Cc1ccccc1)N(Cc1ccc(F)cc1)C(=O)CN(c1ccc(F)cc1)S(=O)(=O)c1ccc(OCC)cc1. The van der Waals surface area contributed by atoms with Gasteiger partial charge in [-0.2, -0.15) is 0 Å². The summed E-state index contributed by atoms with van der Waals surface area (Å²) in [6.07, 6.45) is 1.72. The van der Waals surface area contributed by atoms with Crippen LogP contribution >= 0.6 is 0 Å². The minimum Gasteiger partial charge on any atom is -0.494 e. The molecule has 0 saturated heterocycles. The molecule has 4 aromatic rings. The van der Waals surface area contributed by atoms with Gasteiger partial charge in [0.15, 0.2) is 0 Å². The van der Waals surface area contributed by atoms with E-state index in [1.807, 2.05) is 37.3 Å². The second-order valence-electron chi connectivity index (χ2n) is 10.9. The zero-order valence-electron chi connectivity index (χ0n) is 26.4. The van der Waals surface area contributed by atoms with Crippen LogP contribution < -0.4 is 14.4 Å². The minimum absolute atomic E-state index is 0.0578. The number of nitrogens with zero attached hydrogens (tertiary/aromatic N) is 2. The summed E-state index contributed by atoms with van der Waals surface area (Å²) >= 11 is 0. The fraction of sp³-hybridized carbons (Fsp3) is 0.278. The van der Waals surface area contributed by atoms with Gasteiger partial charge in [-0.25, -0.2) is 17.2 Å². The van der Waals surface area contributed by atoms with Crippen LogP contribution in [0.4, 0.5) is 14.5 Å². The molecule has 0 aliphatic heterocycles. The number of sulfonamides is 1. The van der Waals surface area contributed by atoms with Gasteiger partial charge in [0.05, 0.1) is 17.2 Å². The first kappa shape index (κ1) is 35.1. The predicted molar refractivity (Wildman–Crippen MR) is 177 cm³/mol. The molecule has 0 aliphatic carbocycles. The number of hydrogen-bond acceptors (Lipinski definition) is 5. The second-order valence-corrected chi connectivity index (χ2v) is 12.8. The van der Waals surface area contributed by atoms with E-state index >= 15 is 0 Å². The molecule has 0 saturated carbocycles. The fourth-order valence-corrected chi connectivity index (χ4v) is 6.40. The van der Waals surface area contributed by atoms with Crippen molar-refractivity contribution in [1.82, 2.24) is 10.2 Å². The third kappa shape index (κ3) is 9.62. The summed E-state index contributed by atoms with van der Waals surface area (Å²) in [5.41, 5.74) is 1.39. The van der Waals surface area contributed by atoms with Gasteiger partial charge in [0, 0.05) is 19.5 Å². The third-order valence-corrected chi connectivity index (χ3v) is 9.27. The van der Waals surface area contributed by atoms with Crippen molar-refractivity contribution in [2.75, 3.05) is 24.0 Å². The number of unbranched alkanes of at least 4 members (excludes halogenated alkanes) is 1. The number of hydrogen-bond donors (Lipinski definition) is 1. The summed E-state index contributed by atoms with van der Waals surface area (Å²) in [5.74, 6) is -1.66. The lowest BCUT2D eigenvalue weighted by molar-refractivity contribution is -0.140. The van der Waals surface area contributed by atoms with Gasteiger partial charge in [0.1, 0.15) is 30.0 Å². The predicted octanol–water partition coefficient (Wildman–Crippen LogP) is 6.12. The van der Waals surface area contributed by atoms with Gasteiger partial charge in [0.25, 0.3) is 10.0 Å². The maximum absolute atomic E-state index is 14.4. The number of nitrogens with one attached hydrogen (secondary N) is 1. The smallest absolute Gasteiger partial charge is 0.264 e. The lowest BCUT2D eigenvalue weighted by atomic mass is 10.0. The van der Waals surface area contributed by atoms with E-state index in [0.29, 0.717) is 24.5 Å². The summed E-state index contributed by atoms with van der Waals surface area (Å²) in [7, 11) is -4.37. The van der Waals surface area contributed by atoms with E-state index < -0.39 is 46.1 Å². The summed E-state index contributed by atoms with van der Waals surface area (Å²) < 4.78 is 62.3. The van der Waals surface area contributed by atoms with Crippen molar-refractivity contribution >= 4 is 27.5 Å². The first-order chi connectivity index (χ1) is 22.6. The Morgan fingerprint density at radius 1 is 0.809 bits per heavy atom. The lowest BCUT2D eigenvalue weighted by Crippen LogP contribution is -2.53. The van der Waals surface area contributed by atoms with E-state index in [2.05, 4.69) is 5.32 Å². The van der Waals surface area contributed by atoms with E-state index in [9.17, 15) is 26.8 Å². The van der Waals surface area contributed by atoms with Crippen molar-refractivity contribution in [3.63, 3.8) is 0 Å².